The highest BCUT2D eigenvalue weighted by molar-refractivity contribution is 5.89. The van der Waals surface area contributed by atoms with E-state index in [-0.39, 0.29) is 30.2 Å². The fraction of sp³-hybridized carbons (Fsp3) is 0.565. The Morgan fingerprint density at radius 3 is 2.84 bits per heavy atom. The number of benzene rings is 1. The molecule has 0 aliphatic carbocycles. The van der Waals surface area contributed by atoms with Gasteiger partial charge in [-0.25, -0.2) is 5.43 Å². The van der Waals surface area contributed by atoms with Gasteiger partial charge in [0.05, 0.1) is 18.7 Å². The molecule has 8 heteroatoms. The van der Waals surface area contributed by atoms with Crippen molar-refractivity contribution < 1.29 is 9.53 Å². The number of hydrazone groups is 1. The first-order valence-corrected chi connectivity index (χ1v) is 11.4. The number of hydrogen-bond donors (Lipinski definition) is 3. The van der Waals surface area contributed by atoms with Gasteiger partial charge in [-0.2, -0.15) is 5.10 Å². The molecule has 1 fully saturated rings. The predicted octanol–water partition coefficient (Wildman–Crippen LogP) is 2.82. The molecule has 3 aliphatic rings. The topological polar surface area (TPSA) is 81.2 Å². The zero-order chi connectivity index (χ0) is 21.8. The minimum Gasteiger partial charge on any atom is -0.494 e. The number of nitrogens with one attached hydrogen (secondary N) is 3. The van der Waals surface area contributed by atoms with Crippen molar-refractivity contribution in [1.29, 1.82) is 0 Å². The van der Waals surface area contributed by atoms with Gasteiger partial charge in [0.1, 0.15) is 17.8 Å². The molecule has 3 N–H and O–H groups in total. The molecule has 3 atom stereocenters. The van der Waals surface area contributed by atoms with E-state index in [0.717, 1.165) is 37.5 Å². The largest absolute Gasteiger partial charge is 0.494 e. The second kappa shape index (κ2) is 9.60. The molecule has 8 nitrogen and oxygen atoms in total. The van der Waals surface area contributed by atoms with E-state index in [4.69, 9.17) is 4.74 Å². The Labute approximate surface area is 184 Å². The number of fused-ring (bicyclic) bond motifs is 3. The maximum Gasteiger partial charge on any atom is 0.220 e. The highest BCUT2D eigenvalue weighted by Gasteiger charge is 2.44. The van der Waals surface area contributed by atoms with Crippen LogP contribution in [0.1, 0.15) is 64.5 Å². The van der Waals surface area contributed by atoms with Gasteiger partial charge in [0, 0.05) is 31.3 Å². The van der Waals surface area contributed by atoms with Gasteiger partial charge in [0.2, 0.25) is 5.91 Å². The van der Waals surface area contributed by atoms with E-state index >= 15 is 0 Å². The van der Waals surface area contributed by atoms with Crippen LogP contribution in [0.3, 0.4) is 0 Å². The molecule has 0 spiro atoms. The Hall–Kier alpha value is -2.74. The Morgan fingerprint density at radius 2 is 2.10 bits per heavy atom. The van der Waals surface area contributed by atoms with Crippen molar-refractivity contribution in [2.45, 2.75) is 77.2 Å². The molecular weight excluding hydrogens is 392 g/mol. The van der Waals surface area contributed by atoms with Gasteiger partial charge in [-0.15, -0.1) is 0 Å². The number of carbonyl (C=O) groups is 1. The van der Waals surface area contributed by atoms with E-state index in [2.05, 4.69) is 68.6 Å². The Morgan fingerprint density at radius 1 is 1.29 bits per heavy atom. The molecule has 31 heavy (non-hydrogen) atoms. The van der Waals surface area contributed by atoms with Crippen molar-refractivity contribution in [1.82, 2.24) is 26.1 Å². The van der Waals surface area contributed by atoms with Crippen molar-refractivity contribution in [3.63, 3.8) is 0 Å². The molecule has 4 rings (SSSR count). The summed E-state index contributed by atoms with van der Waals surface area (Å²) in [5, 5.41) is 9.64. The van der Waals surface area contributed by atoms with E-state index in [9.17, 15) is 4.79 Å². The van der Waals surface area contributed by atoms with Gasteiger partial charge in [-0.05, 0) is 44.4 Å². The number of nitrogens with zero attached hydrogens (tertiary/aromatic N) is 3. The fourth-order valence-corrected chi connectivity index (χ4v) is 4.28. The Balaban J connectivity index is 1.32. The standard InChI is InChI=1S/C23H34N6O2/c1-4-5-14-31-18-8-6-17(7-9-18)19-15-20-23-26-25-21(10-11-22(30)24-16(2)3)28(23)12-13-29(20)27-19/h6-9,12-13,16,19-20,23,26-27H,4-5,10-11,14-15H2,1-3H3,(H,24,30). The molecule has 1 amide bonds. The average Bonchev–Trinajstić information content (AvgIpc) is 3.36. The molecule has 1 saturated heterocycles. The lowest BCUT2D eigenvalue weighted by Gasteiger charge is -2.37. The third kappa shape index (κ3) is 4.95. The van der Waals surface area contributed by atoms with Crippen molar-refractivity contribution in [3.8, 4) is 5.75 Å². The first kappa shape index (κ1) is 21.5. The molecule has 0 radical (unpaired) electrons. The van der Waals surface area contributed by atoms with Crippen molar-refractivity contribution >= 4 is 11.7 Å². The second-order valence-corrected chi connectivity index (χ2v) is 8.69. The van der Waals surface area contributed by atoms with Gasteiger partial charge in [0.15, 0.2) is 0 Å². The first-order valence-electron chi connectivity index (χ1n) is 11.4. The van der Waals surface area contributed by atoms with Crippen LogP contribution in [-0.2, 0) is 4.79 Å². The van der Waals surface area contributed by atoms with E-state index in [1.54, 1.807) is 0 Å². The number of amides is 1. The van der Waals surface area contributed by atoms with E-state index in [0.29, 0.717) is 12.8 Å². The van der Waals surface area contributed by atoms with Crippen LogP contribution >= 0.6 is 0 Å². The summed E-state index contributed by atoms with van der Waals surface area (Å²) in [5.74, 6) is 1.90. The summed E-state index contributed by atoms with van der Waals surface area (Å²) in [6, 6.07) is 9.06. The smallest absolute Gasteiger partial charge is 0.220 e. The van der Waals surface area contributed by atoms with Crippen LogP contribution in [0.25, 0.3) is 0 Å². The number of carbonyl (C=O) groups excluding carboxylic acids is 1. The summed E-state index contributed by atoms with van der Waals surface area (Å²) in [4.78, 5) is 14.2. The molecule has 3 unspecified atom stereocenters. The van der Waals surface area contributed by atoms with E-state index < -0.39 is 0 Å². The summed E-state index contributed by atoms with van der Waals surface area (Å²) >= 11 is 0. The zero-order valence-corrected chi connectivity index (χ0v) is 18.7. The number of rotatable bonds is 9. The summed E-state index contributed by atoms with van der Waals surface area (Å²) in [6.45, 7) is 6.88. The van der Waals surface area contributed by atoms with Gasteiger partial charge in [0.25, 0.3) is 0 Å². The number of hydrogen-bond acceptors (Lipinski definition) is 7. The monoisotopic (exact) mass is 426 g/mol. The lowest BCUT2D eigenvalue weighted by atomic mass is 9.99. The molecule has 3 aliphatic heterocycles. The predicted molar refractivity (Wildman–Crippen MR) is 121 cm³/mol. The van der Waals surface area contributed by atoms with Crippen molar-refractivity contribution in [2.24, 2.45) is 5.10 Å². The fourth-order valence-electron chi connectivity index (χ4n) is 4.28. The van der Waals surface area contributed by atoms with Gasteiger partial charge in [-0.1, -0.05) is 25.5 Å². The van der Waals surface area contributed by atoms with Crippen LogP contribution in [0.4, 0.5) is 0 Å². The number of amidine groups is 1. The van der Waals surface area contributed by atoms with Crippen LogP contribution in [0, 0.1) is 0 Å². The summed E-state index contributed by atoms with van der Waals surface area (Å²) in [6.07, 6.45) is 8.42. The quantitative estimate of drug-likeness (QED) is 0.527. The molecule has 0 aromatic heterocycles. The minimum atomic E-state index is 0.0634. The maximum absolute atomic E-state index is 12.0. The summed E-state index contributed by atoms with van der Waals surface area (Å²) in [5.41, 5.74) is 8.14. The Kier molecular flexibility index (Phi) is 6.65. The van der Waals surface area contributed by atoms with Crippen LogP contribution in [-0.4, -0.2) is 46.5 Å². The van der Waals surface area contributed by atoms with Crippen LogP contribution in [0.15, 0.2) is 41.8 Å². The van der Waals surface area contributed by atoms with Crippen LogP contribution in [0.2, 0.25) is 0 Å². The molecule has 1 aromatic carbocycles. The normalized spacial score (nSPS) is 24.0. The lowest BCUT2D eigenvalue weighted by Crippen LogP contribution is -2.54. The molecule has 1 aromatic rings. The summed E-state index contributed by atoms with van der Waals surface area (Å²) in [7, 11) is 0. The van der Waals surface area contributed by atoms with Gasteiger partial charge in [-0.3, -0.25) is 10.2 Å². The molecule has 0 bridgehead atoms. The second-order valence-electron chi connectivity index (χ2n) is 8.69. The van der Waals surface area contributed by atoms with Gasteiger partial charge >= 0.3 is 0 Å². The zero-order valence-electron chi connectivity index (χ0n) is 18.7. The highest BCUT2D eigenvalue weighted by Crippen LogP contribution is 2.34. The molecular formula is C23H34N6O2. The lowest BCUT2D eigenvalue weighted by molar-refractivity contribution is -0.121. The first-order chi connectivity index (χ1) is 15.0. The molecule has 168 valence electrons. The number of unbranched alkanes of at least 4 members (excludes halogenated alkanes) is 1. The molecule has 0 saturated carbocycles. The average molecular weight is 427 g/mol. The van der Waals surface area contributed by atoms with Crippen LogP contribution in [0.5, 0.6) is 5.75 Å². The van der Waals surface area contributed by atoms with Crippen LogP contribution < -0.4 is 20.9 Å². The van der Waals surface area contributed by atoms with E-state index in [1.807, 2.05) is 20.0 Å². The third-order valence-corrected chi connectivity index (χ3v) is 5.89. The molecule has 3 heterocycles. The van der Waals surface area contributed by atoms with Crippen molar-refractivity contribution in [2.75, 3.05) is 6.61 Å². The number of ether oxygens (including phenoxy) is 1. The highest BCUT2D eigenvalue weighted by atomic mass is 16.5. The summed E-state index contributed by atoms with van der Waals surface area (Å²) < 4.78 is 5.79. The maximum atomic E-state index is 12.0. The SMILES string of the molecule is CCCCOc1ccc(C2CC3C4NN=C(CCC(=O)NC(C)C)N4C=CN3N2)cc1. The van der Waals surface area contributed by atoms with Gasteiger partial charge < -0.3 is 20.0 Å². The van der Waals surface area contributed by atoms with Crippen molar-refractivity contribution in [3.05, 3.63) is 42.2 Å². The van der Waals surface area contributed by atoms with E-state index in [1.165, 1.54) is 5.56 Å². The number of hydrazine groups is 1. The third-order valence-electron chi connectivity index (χ3n) is 5.89. The minimum absolute atomic E-state index is 0.0634. The Bertz CT molecular complexity index is 822.